The molecule has 0 amide bonds. The summed E-state index contributed by atoms with van der Waals surface area (Å²) in [4.78, 5) is 23.0. The molecule has 0 saturated carbocycles. The summed E-state index contributed by atoms with van der Waals surface area (Å²) in [5.41, 5.74) is 0.0782. The van der Waals surface area contributed by atoms with Crippen LogP contribution in [0, 0.1) is 0 Å². The number of rotatable bonds is 7. The van der Waals surface area contributed by atoms with Crippen LogP contribution in [0.3, 0.4) is 0 Å². The van der Waals surface area contributed by atoms with Crippen LogP contribution < -0.4 is 4.74 Å². The van der Waals surface area contributed by atoms with Crippen LogP contribution in [-0.4, -0.2) is 31.5 Å². The summed E-state index contributed by atoms with van der Waals surface area (Å²) in [5, 5.41) is 0. The van der Waals surface area contributed by atoms with Crippen molar-refractivity contribution in [2.24, 2.45) is 0 Å². The van der Waals surface area contributed by atoms with E-state index in [2.05, 4.69) is 4.74 Å². The maximum Gasteiger partial charge on any atom is 0.573 e. The van der Waals surface area contributed by atoms with Gasteiger partial charge in [0, 0.05) is 6.42 Å². The van der Waals surface area contributed by atoms with E-state index in [1.807, 2.05) is 0 Å². The fourth-order valence-corrected chi connectivity index (χ4v) is 1.79. The highest BCUT2D eigenvalue weighted by Gasteiger charge is 2.33. The molecule has 0 unspecified atom stereocenters. The molecule has 0 aliphatic heterocycles. The number of alkyl halides is 3. The minimum atomic E-state index is -4.94. The van der Waals surface area contributed by atoms with Gasteiger partial charge in [0.05, 0.1) is 13.2 Å². The Morgan fingerprint density at radius 3 is 2.30 bits per heavy atom. The summed E-state index contributed by atoms with van der Waals surface area (Å²) in [6.45, 7) is 3.44. The average Bonchev–Trinajstić information content (AvgIpc) is 2.44. The lowest BCUT2D eigenvalue weighted by Crippen LogP contribution is -2.20. The minimum Gasteiger partial charge on any atom is -0.466 e. The van der Waals surface area contributed by atoms with Crippen molar-refractivity contribution in [2.75, 3.05) is 13.2 Å². The van der Waals surface area contributed by atoms with E-state index in [-0.39, 0.29) is 31.6 Å². The Bertz CT molecular complexity index is 555. The maximum atomic E-state index is 12.5. The molecule has 0 fully saturated rings. The van der Waals surface area contributed by atoms with Gasteiger partial charge >= 0.3 is 18.3 Å². The highest BCUT2D eigenvalue weighted by Crippen LogP contribution is 2.28. The molecule has 8 heteroatoms. The van der Waals surface area contributed by atoms with E-state index < -0.39 is 24.1 Å². The highest BCUT2D eigenvalue weighted by molar-refractivity contribution is 5.92. The zero-order chi connectivity index (χ0) is 17.5. The van der Waals surface area contributed by atoms with Gasteiger partial charge in [0.2, 0.25) is 0 Å². The predicted octanol–water partition coefficient (Wildman–Crippen LogP) is 3.26. The normalized spacial score (nSPS) is 11.0. The van der Waals surface area contributed by atoms with Crippen molar-refractivity contribution in [2.45, 2.75) is 33.1 Å². The Morgan fingerprint density at radius 1 is 1.09 bits per heavy atom. The van der Waals surface area contributed by atoms with Crippen molar-refractivity contribution in [3.8, 4) is 5.75 Å². The molecule has 23 heavy (non-hydrogen) atoms. The first-order valence-corrected chi connectivity index (χ1v) is 6.98. The van der Waals surface area contributed by atoms with Crippen molar-refractivity contribution in [3.63, 3.8) is 0 Å². The third-order valence-corrected chi connectivity index (χ3v) is 2.69. The van der Waals surface area contributed by atoms with Gasteiger partial charge in [-0.2, -0.15) is 0 Å². The highest BCUT2D eigenvalue weighted by atomic mass is 19.4. The van der Waals surface area contributed by atoms with Gasteiger partial charge in [-0.15, -0.1) is 13.2 Å². The van der Waals surface area contributed by atoms with Crippen molar-refractivity contribution >= 4 is 11.9 Å². The van der Waals surface area contributed by atoms with Gasteiger partial charge in [-0.1, -0.05) is 6.07 Å². The van der Waals surface area contributed by atoms with E-state index in [0.717, 1.165) is 6.07 Å². The number of hydrogen-bond donors (Lipinski definition) is 0. The van der Waals surface area contributed by atoms with Crippen LogP contribution in [0.4, 0.5) is 13.2 Å². The molecule has 0 saturated heterocycles. The van der Waals surface area contributed by atoms with Crippen molar-refractivity contribution in [1.29, 1.82) is 0 Å². The molecule has 0 N–H and O–H groups in total. The second-order valence-corrected chi connectivity index (χ2v) is 4.40. The zero-order valence-electron chi connectivity index (χ0n) is 12.7. The van der Waals surface area contributed by atoms with Crippen LogP contribution in [0.5, 0.6) is 5.75 Å². The van der Waals surface area contributed by atoms with Gasteiger partial charge in [-0.05, 0) is 38.0 Å². The van der Waals surface area contributed by atoms with E-state index in [9.17, 15) is 22.8 Å². The monoisotopic (exact) mass is 334 g/mol. The van der Waals surface area contributed by atoms with Gasteiger partial charge in [-0.25, -0.2) is 4.79 Å². The summed E-state index contributed by atoms with van der Waals surface area (Å²) in [6.07, 6.45) is -4.77. The number of esters is 2. The quantitative estimate of drug-likeness (QED) is 0.716. The Balaban J connectivity index is 2.97. The first-order valence-electron chi connectivity index (χ1n) is 6.98. The molecule has 0 bridgehead atoms. The molecule has 0 heterocycles. The molecule has 1 rings (SSSR count). The fourth-order valence-electron chi connectivity index (χ4n) is 1.79. The Morgan fingerprint density at radius 2 is 1.74 bits per heavy atom. The number of aryl methyl sites for hydroxylation is 1. The molecule has 0 radical (unpaired) electrons. The number of carbonyl (C=O) groups is 2. The van der Waals surface area contributed by atoms with E-state index >= 15 is 0 Å². The topological polar surface area (TPSA) is 61.8 Å². The lowest BCUT2D eigenvalue weighted by molar-refractivity contribution is -0.274. The Hall–Kier alpha value is -2.25. The second kappa shape index (κ2) is 8.40. The molecule has 128 valence electrons. The molecule has 0 aliphatic carbocycles. The van der Waals surface area contributed by atoms with Gasteiger partial charge in [-0.3, -0.25) is 4.79 Å². The average molecular weight is 334 g/mol. The first-order chi connectivity index (χ1) is 10.8. The van der Waals surface area contributed by atoms with E-state index in [1.165, 1.54) is 19.1 Å². The van der Waals surface area contributed by atoms with Crippen LogP contribution in [-0.2, 0) is 20.7 Å². The second-order valence-electron chi connectivity index (χ2n) is 4.40. The summed E-state index contributed by atoms with van der Waals surface area (Å²) in [7, 11) is 0. The van der Waals surface area contributed by atoms with E-state index in [4.69, 9.17) is 9.47 Å². The molecular formula is C15H17F3O5. The summed E-state index contributed by atoms with van der Waals surface area (Å²) in [6, 6.07) is 3.69. The Labute approximate surface area is 131 Å². The van der Waals surface area contributed by atoms with Gasteiger partial charge in [0.15, 0.2) is 0 Å². The number of benzene rings is 1. The maximum absolute atomic E-state index is 12.5. The van der Waals surface area contributed by atoms with Gasteiger partial charge in [0.1, 0.15) is 11.3 Å². The third-order valence-electron chi connectivity index (χ3n) is 2.69. The van der Waals surface area contributed by atoms with E-state index in [1.54, 1.807) is 6.92 Å². The number of halogens is 3. The molecule has 5 nitrogen and oxygen atoms in total. The lowest BCUT2D eigenvalue weighted by atomic mass is 10.1. The van der Waals surface area contributed by atoms with Crippen LogP contribution in [0.25, 0.3) is 0 Å². The summed E-state index contributed by atoms with van der Waals surface area (Å²) >= 11 is 0. The molecule has 0 aliphatic rings. The fraction of sp³-hybridized carbons (Fsp3) is 0.467. The molecule has 1 aromatic rings. The molecule has 0 aromatic heterocycles. The van der Waals surface area contributed by atoms with E-state index in [0.29, 0.717) is 5.56 Å². The van der Waals surface area contributed by atoms with Crippen LogP contribution in [0.2, 0.25) is 0 Å². The van der Waals surface area contributed by atoms with Crippen molar-refractivity contribution in [1.82, 2.24) is 0 Å². The van der Waals surface area contributed by atoms with Gasteiger partial charge in [0.25, 0.3) is 0 Å². The number of hydrogen-bond acceptors (Lipinski definition) is 5. The molecule has 1 aromatic carbocycles. The molecule has 0 atom stereocenters. The first kappa shape index (κ1) is 18.8. The number of carbonyl (C=O) groups excluding carboxylic acids is 2. The molecular weight excluding hydrogens is 317 g/mol. The van der Waals surface area contributed by atoms with Crippen LogP contribution in [0.15, 0.2) is 18.2 Å². The van der Waals surface area contributed by atoms with Crippen LogP contribution in [0.1, 0.15) is 36.2 Å². The molecule has 0 spiro atoms. The summed E-state index contributed by atoms with van der Waals surface area (Å²) < 4.78 is 50.7. The Kier molecular flexibility index (Phi) is 6.87. The lowest BCUT2D eigenvalue weighted by Gasteiger charge is -2.14. The third kappa shape index (κ3) is 6.58. The minimum absolute atomic E-state index is 0.0120. The SMILES string of the molecule is CCOC(=O)CCc1ccc(C(=O)OCC)c(OC(F)(F)F)c1. The standard InChI is InChI=1S/C15H17F3O5/c1-3-21-13(19)8-6-10-5-7-11(14(20)22-4-2)12(9-10)23-15(16,17)18/h5,7,9H,3-4,6,8H2,1-2H3. The van der Waals surface area contributed by atoms with Gasteiger partial charge < -0.3 is 14.2 Å². The number of ether oxygens (including phenoxy) is 3. The predicted molar refractivity (Wildman–Crippen MR) is 74.0 cm³/mol. The van der Waals surface area contributed by atoms with Crippen molar-refractivity contribution < 1.29 is 37.0 Å². The van der Waals surface area contributed by atoms with Crippen LogP contribution >= 0.6 is 0 Å². The van der Waals surface area contributed by atoms with Crippen molar-refractivity contribution in [3.05, 3.63) is 29.3 Å². The zero-order valence-corrected chi connectivity index (χ0v) is 12.7. The smallest absolute Gasteiger partial charge is 0.466 e. The largest absolute Gasteiger partial charge is 0.573 e. The summed E-state index contributed by atoms with van der Waals surface area (Å²) in [5.74, 6) is -2.03.